The van der Waals surface area contributed by atoms with E-state index >= 15 is 0 Å². The van der Waals surface area contributed by atoms with Gasteiger partial charge in [0.05, 0.1) is 17.8 Å². The number of aryl methyl sites for hydroxylation is 1. The van der Waals surface area contributed by atoms with Crippen molar-refractivity contribution in [1.29, 1.82) is 0 Å². The normalized spacial score (nSPS) is 12.2. The average molecular weight is 355 g/mol. The summed E-state index contributed by atoms with van der Waals surface area (Å²) in [5, 5.41) is 5.55. The Balaban J connectivity index is 1.65. The molecule has 25 heavy (non-hydrogen) atoms. The minimum atomic E-state index is -0.0905. The second-order valence-corrected chi connectivity index (χ2v) is 6.85. The van der Waals surface area contributed by atoms with E-state index in [4.69, 9.17) is 0 Å². The summed E-state index contributed by atoms with van der Waals surface area (Å²) in [7, 11) is 0. The number of nitrogens with one attached hydrogen (secondary N) is 1. The molecule has 5 nitrogen and oxygen atoms in total. The number of carbonyl (C=O) groups is 1. The van der Waals surface area contributed by atoms with Crippen LogP contribution in [0, 0.1) is 0 Å². The molecule has 0 radical (unpaired) electrons. The molecule has 0 aliphatic carbocycles. The highest BCUT2D eigenvalue weighted by atomic mass is 32.1. The number of benzene rings is 1. The van der Waals surface area contributed by atoms with Gasteiger partial charge < -0.3 is 5.32 Å². The molecule has 2 heterocycles. The van der Waals surface area contributed by atoms with Crippen molar-refractivity contribution in [2.75, 3.05) is 0 Å². The van der Waals surface area contributed by atoms with Crippen LogP contribution in [-0.2, 0) is 11.3 Å². The van der Waals surface area contributed by atoms with Gasteiger partial charge in [-0.05, 0) is 23.4 Å². The van der Waals surface area contributed by atoms with Crippen molar-refractivity contribution in [1.82, 2.24) is 14.9 Å². The van der Waals surface area contributed by atoms with Crippen molar-refractivity contribution >= 4 is 27.5 Å². The molecule has 1 N–H and O–H groups in total. The van der Waals surface area contributed by atoms with Gasteiger partial charge in [0.2, 0.25) is 5.91 Å². The van der Waals surface area contributed by atoms with Crippen molar-refractivity contribution in [3.63, 3.8) is 0 Å². The molecule has 0 aliphatic rings. The Labute approximate surface area is 150 Å². The van der Waals surface area contributed by atoms with Gasteiger partial charge in [-0.3, -0.25) is 14.2 Å². The van der Waals surface area contributed by atoms with E-state index in [0.717, 1.165) is 23.2 Å². The van der Waals surface area contributed by atoms with E-state index in [1.807, 2.05) is 35.7 Å². The van der Waals surface area contributed by atoms with Gasteiger partial charge in [-0.2, -0.15) is 0 Å². The third-order valence-electron chi connectivity index (χ3n) is 4.14. The lowest BCUT2D eigenvalue weighted by Crippen LogP contribution is -2.30. The molecule has 1 amide bonds. The maximum absolute atomic E-state index is 12.4. The summed E-state index contributed by atoms with van der Waals surface area (Å²) in [5.74, 6) is -0.0559. The van der Waals surface area contributed by atoms with Crippen molar-refractivity contribution in [3.8, 4) is 0 Å². The van der Waals surface area contributed by atoms with Gasteiger partial charge in [0, 0.05) is 13.0 Å². The maximum atomic E-state index is 12.4. The van der Waals surface area contributed by atoms with E-state index in [1.165, 1.54) is 22.2 Å². The molecule has 0 fully saturated rings. The van der Waals surface area contributed by atoms with E-state index in [2.05, 4.69) is 17.2 Å². The van der Waals surface area contributed by atoms with Gasteiger partial charge in [0.25, 0.3) is 5.56 Å². The van der Waals surface area contributed by atoms with E-state index in [9.17, 15) is 9.59 Å². The first-order valence-electron chi connectivity index (χ1n) is 8.46. The monoisotopic (exact) mass is 355 g/mol. The third kappa shape index (κ3) is 4.14. The predicted octanol–water partition coefficient (Wildman–Crippen LogP) is 3.51. The second-order valence-electron chi connectivity index (χ2n) is 5.95. The summed E-state index contributed by atoms with van der Waals surface area (Å²) in [6.07, 6.45) is 3.65. The highest BCUT2D eigenvalue weighted by Crippen LogP contribution is 2.18. The minimum absolute atomic E-state index is 0.00732. The molecule has 130 valence electrons. The number of carbonyl (C=O) groups excluding carboxylic acids is 1. The fourth-order valence-electron chi connectivity index (χ4n) is 2.84. The quantitative estimate of drug-likeness (QED) is 0.705. The maximum Gasteiger partial charge on any atom is 0.262 e. The average Bonchev–Trinajstić information content (AvgIpc) is 3.11. The summed E-state index contributed by atoms with van der Waals surface area (Å²) in [5.41, 5.74) is 1.02. The van der Waals surface area contributed by atoms with Crippen LogP contribution in [0.5, 0.6) is 0 Å². The molecule has 0 aliphatic heterocycles. The number of rotatable bonds is 7. The topological polar surface area (TPSA) is 64.0 Å². The van der Waals surface area contributed by atoms with Gasteiger partial charge in [0.15, 0.2) is 0 Å². The van der Waals surface area contributed by atoms with Gasteiger partial charge in [-0.25, -0.2) is 4.98 Å². The van der Waals surface area contributed by atoms with Crippen LogP contribution in [0.4, 0.5) is 0 Å². The minimum Gasteiger partial charge on any atom is -0.349 e. The molecule has 0 spiro atoms. The third-order valence-corrected chi connectivity index (χ3v) is 4.97. The molecule has 6 heteroatoms. The number of fused-ring (bicyclic) bond motifs is 1. The molecule has 1 aromatic carbocycles. The number of hydrogen-bond donors (Lipinski definition) is 1. The van der Waals surface area contributed by atoms with Crippen molar-refractivity contribution in [2.24, 2.45) is 0 Å². The Morgan fingerprint density at radius 2 is 2.08 bits per heavy atom. The Hall–Kier alpha value is -2.47. The van der Waals surface area contributed by atoms with Crippen LogP contribution in [0.2, 0.25) is 0 Å². The fraction of sp³-hybridized carbons (Fsp3) is 0.316. The van der Waals surface area contributed by atoms with Crippen LogP contribution in [0.3, 0.4) is 0 Å². The summed E-state index contributed by atoms with van der Waals surface area (Å²) >= 11 is 1.44. The first-order chi connectivity index (χ1) is 12.2. The Morgan fingerprint density at radius 1 is 1.28 bits per heavy atom. The molecule has 0 bridgehead atoms. The predicted molar refractivity (Wildman–Crippen MR) is 101 cm³/mol. The van der Waals surface area contributed by atoms with Crippen LogP contribution >= 0.6 is 11.3 Å². The van der Waals surface area contributed by atoms with E-state index in [-0.39, 0.29) is 23.9 Å². The van der Waals surface area contributed by atoms with Gasteiger partial charge in [-0.15, -0.1) is 11.3 Å². The highest BCUT2D eigenvalue weighted by molar-refractivity contribution is 7.16. The van der Waals surface area contributed by atoms with Crippen LogP contribution in [0.15, 0.2) is 52.9 Å². The van der Waals surface area contributed by atoms with E-state index in [0.29, 0.717) is 11.9 Å². The zero-order valence-electron chi connectivity index (χ0n) is 14.1. The number of hydrogen-bond acceptors (Lipinski definition) is 4. The molecule has 2 aromatic heterocycles. The summed E-state index contributed by atoms with van der Waals surface area (Å²) in [4.78, 5) is 29.7. The summed E-state index contributed by atoms with van der Waals surface area (Å²) < 4.78 is 1.51. The molecule has 3 aromatic rings. The fourth-order valence-corrected chi connectivity index (χ4v) is 3.56. The number of thiophene rings is 1. The SMILES string of the molecule is CCC[C@H](NC(=O)CCn1cnc2sccc2c1=O)c1ccccc1. The largest absolute Gasteiger partial charge is 0.349 e. The molecular weight excluding hydrogens is 334 g/mol. The van der Waals surface area contributed by atoms with Crippen molar-refractivity contribution in [2.45, 2.75) is 38.8 Å². The Bertz CT molecular complexity index is 902. The number of amides is 1. The Morgan fingerprint density at radius 3 is 2.84 bits per heavy atom. The molecule has 0 saturated heterocycles. The summed E-state index contributed by atoms with van der Waals surface area (Å²) in [6.45, 7) is 2.43. The lowest BCUT2D eigenvalue weighted by molar-refractivity contribution is -0.122. The number of nitrogens with zero attached hydrogens (tertiary/aromatic N) is 2. The van der Waals surface area contributed by atoms with Crippen molar-refractivity contribution in [3.05, 3.63) is 64.0 Å². The van der Waals surface area contributed by atoms with Gasteiger partial charge >= 0.3 is 0 Å². The molecule has 3 rings (SSSR count). The Kier molecular flexibility index (Phi) is 5.60. The van der Waals surface area contributed by atoms with E-state index in [1.54, 1.807) is 6.07 Å². The molecule has 0 saturated carbocycles. The molecular formula is C19H21N3O2S. The zero-order valence-corrected chi connectivity index (χ0v) is 15.0. The second kappa shape index (κ2) is 8.07. The standard InChI is InChI=1S/C19H21N3O2S/c1-2-6-16(14-7-4-3-5-8-14)21-17(23)9-11-22-13-20-18-15(19(22)24)10-12-25-18/h3-5,7-8,10,12-13,16H,2,6,9,11H2,1H3,(H,21,23)/t16-/m0/s1. The number of aromatic nitrogens is 2. The van der Waals surface area contributed by atoms with Crippen LogP contribution < -0.4 is 10.9 Å². The van der Waals surface area contributed by atoms with Crippen molar-refractivity contribution < 1.29 is 4.79 Å². The molecule has 1 atom stereocenters. The highest BCUT2D eigenvalue weighted by Gasteiger charge is 2.14. The van der Waals surface area contributed by atoms with Gasteiger partial charge in [0.1, 0.15) is 4.83 Å². The first-order valence-corrected chi connectivity index (χ1v) is 9.34. The van der Waals surface area contributed by atoms with Crippen LogP contribution in [0.1, 0.15) is 37.8 Å². The van der Waals surface area contributed by atoms with Crippen LogP contribution in [-0.4, -0.2) is 15.5 Å². The van der Waals surface area contributed by atoms with E-state index < -0.39 is 0 Å². The summed E-state index contributed by atoms with van der Waals surface area (Å²) in [6, 6.07) is 11.8. The first kappa shape index (κ1) is 17.4. The smallest absolute Gasteiger partial charge is 0.262 e. The zero-order chi connectivity index (χ0) is 17.6. The lowest BCUT2D eigenvalue weighted by atomic mass is 10.0. The lowest BCUT2D eigenvalue weighted by Gasteiger charge is -2.18. The molecule has 0 unspecified atom stereocenters. The van der Waals surface area contributed by atoms with Gasteiger partial charge in [-0.1, -0.05) is 43.7 Å². The van der Waals surface area contributed by atoms with Crippen LogP contribution in [0.25, 0.3) is 10.2 Å².